The number of rotatable bonds is 2. The molecule has 1 amide bonds. The monoisotopic (exact) mass is 272 g/mol. The van der Waals surface area contributed by atoms with Crippen LogP contribution in [0, 0.1) is 5.41 Å². The zero-order valence-corrected chi connectivity index (χ0v) is 12.1. The van der Waals surface area contributed by atoms with Crippen LogP contribution in [0.3, 0.4) is 0 Å². The Bertz CT molecular complexity index is 364. The molecule has 1 rings (SSSR count). The van der Waals surface area contributed by atoms with E-state index >= 15 is 0 Å². The van der Waals surface area contributed by atoms with Crippen LogP contribution in [0.4, 0.5) is 4.79 Å². The van der Waals surface area contributed by atoms with Crippen LogP contribution < -0.4 is 5.73 Å². The van der Waals surface area contributed by atoms with Gasteiger partial charge in [-0.3, -0.25) is 4.79 Å². The lowest BCUT2D eigenvalue weighted by molar-refractivity contribution is -0.153. The molecule has 0 bridgehead atoms. The number of aliphatic carboxylic acids is 1. The molecular formula is C13H24N2O4. The summed E-state index contributed by atoms with van der Waals surface area (Å²) in [5.41, 5.74) is 4.49. The van der Waals surface area contributed by atoms with Gasteiger partial charge < -0.3 is 20.5 Å². The smallest absolute Gasteiger partial charge is 0.410 e. The molecular weight excluding hydrogens is 248 g/mol. The summed E-state index contributed by atoms with van der Waals surface area (Å²) >= 11 is 0. The van der Waals surface area contributed by atoms with E-state index in [1.165, 1.54) is 4.90 Å². The molecule has 0 aromatic carbocycles. The van der Waals surface area contributed by atoms with Crippen LogP contribution in [0.1, 0.15) is 40.5 Å². The summed E-state index contributed by atoms with van der Waals surface area (Å²) in [6.45, 7) is 7.78. The normalized spacial score (nSPS) is 28.1. The maximum atomic E-state index is 11.9. The summed E-state index contributed by atoms with van der Waals surface area (Å²) < 4.78 is 5.27. The van der Waals surface area contributed by atoms with Crippen molar-refractivity contribution in [2.75, 3.05) is 13.1 Å². The van der Waals surface area contributed by atoms with Crippen LogP contribution in [0.15, 0.2) is 0 Å². The zero-order valence-electron chi connectivity index (χ0n) is 12.1. The van der Waals surface area contributed by atoms with E-state index in [0.717, 1.165) is 0 Å². The van der Waals surface area contributed by atoms with E-state index in [2.05, 4.69) is 0 Å². The maximum Gasteiger partial charge on any atom is 0.410 e. The van der Waals surface area contributed by atoms with Gasteiger partial charge in [-0.05, 0) is 33.6 Å². The minimum atomic E-state index is -0.932. The number of carbonyl (C=O) groups excluding carboxylic acids is 1. The average molecular weight is 272 g/mol. The van der Waals surface area contributed by atoms with Gasteiger partial charge in [0, 0.05) is 19.1 Å². The summed E-state index contributed by atoms with van der Waals surface area (Å²) in [6, 6.07) is -0.573. The lowest BCUT2D eigenvalue weighted by atomic mass is 9.73. The molecule has 1 fully saturated rings. The van der Waals surface area contributed by atoms with E-state index in [9.17, 15) is 14.7 Å². The minimum Gasteiger partial charge on any atom is -0.481 e. The fourth-order valence-corrected chi connectivity index (χ4v) is 2.37. The van der Waals surface area contributed by atoms with Gasteiger partial charge in [0.1, 0.15) is 5.60 Å². The second-order valence-corrected chi connectivity index (χ2v) is 6.10. The fourth-order valence-electron chi connectivity index (χ4n) is 2.37. The van der Waals surface area contributed by atoms with Crippen molar-refractivity contribution in [2.24, 2.45) is 11.1 Å². The largest absolute Gasteiger partial charge is 0.481 e. The number of hydrogen-bond donors (Lipinski definition) is 2. The molecule has 0 aliphatic carbocycles. The fraction of sp³-hybridized carbons (Fsp3) is 0.846. The van der Waals surface area contributed by atoms with Crippen LogP contribution >= 0.6 is 0 Å². The SMILES string of the molecule is CCC1(C(=O)O)CCN(C(=O)OC(C)(C)C)CC1N. The highest BCUT2D eigenvalue weighted by atomic mass is 16.6. The first-order valence-electron chi connectivity index (χ1n) is 6.59. The van der Waals surface area contributed by atoms with Crippen molar-refractivity contribution in [3.8, 4) is 0 Å². The molecule has 0 saturated carbocycles. The molecule has 0 aromatic heterocycles. The first-order valence-corrected chi connectivity index (χ1v) is 6.59. The van der Waals surface area contributed by atoms with E-state index in [1.54, 1.807) is 20.8 Å². The first kappa shape index (κ1) is 15.8. The number of carboxylic acid groups (broad SMARTS) is 1. The molecule has 2 unspecified atom stereocenters. The Hall–Kier alpha value is -1.30. The number of likely N-dealkylation sites (tertiary alicyclic amines) is 1. The summed E-state index contributed by atoms with van der Waals surface area (Å²) in [4.78, 5) is 24.8. The van der Waals surface area contributed by atoms with Crippen molar-refractivity contribution in [2.45, 2.75) is 52.2 Å². The predicted molar refractivity (Wildman–Crippen MR) is 70.8 cm³/mol. The number of ether oxygens (including phenoxy) is 1. The molecule has 110 valence electrons. The van der Waals surface area contributed by atoms with Gasteiger partial charge >= 0.3 is 12.1 Å². The van der Waals surface area contributed by atoms with Crippen molar-refractivity contribution >= 4 is 12.1 Å². The number of nitrogens with zero attached hydrogens (tertiary/aromatic N) is 1. The van der Waals surface area contributed by atoms with Crippen LogP contribution in [0.2, 0.25) is 0 Å². The van der Waals surface area contributed by atoms with Crippen LogP contribution in [0.25, 0.3) is 0 Å². The summed E-state index contributed by atoms with van der Waals surface area (Å²) in [6.07, 6.45) is 0.392. The Balaban J connectivity index is 2.73. The van der Waals surface area contributed by atoms with Gasteiger partial charge in [0.15, 0.2) is 0 Å². The number of piperidine rings is 1. The van der Waals surface area contributed by atoms with Gasteiger partial charge in [-0.15, -0.1) is 0 Å². The van der Waals surface area contributed by atoms with Crippen molar-refractivity contribution in [1.29, 1.82) is 0 Å². The molecule has 3 N–H and O–H groups in total. The van der Waals surface area contributed by atoms with Crippen LogP contribution in [-0.4, -0.2) is 46.8 Å². The van der Waals surface area contributed by atoms with Gasteiger partial charge in [-0.1, -0.05) is 6.92 Å². The summed E-state index contributed by atoms with van der Waals surface area (Å²) in [5.74, 6) is -0.883. The van der Waals surface area contributed by atoms with E-state index in [4.69, 9.17) is 10.5 Å². The third kappa shape index (κ3) is 3.37. The Morgan fingerprint density at radius 2 is 2.05 bits per heavy atom. The number of amides is 1. The van der Waals surface area contributed by atoms with Gasteiger partial charge in [0.2, 0.25) is 0 Å². The van der Waals surface area contributed by atoms with E-state index < -0.39 is 29.1 Å². The number of nitrogens with two attached hydrogens (primary N) is 1. The first-order chi connectivity index (χ1) is 8.62. The van der Waals surface area contributed by atoms with Crippen molar-refractivity contribution in [1.82, 2.24) is 4.90 Å². The molecule has 1 aliphatic heterocycles. The van der Waals surface area contributed by atoms with Crippen molar-refractivity contribution in [3.63, 3.8) is 0 Å². The topological polar surface area (TPSA) is 92.9 Å². The van der Waals surface area contributed by atoms with Crippen LogP contribution in [0.5, 0.6) is 0 Å². The van der Waals surface area contributed by atoms with E-state index in [0.29, 0.717) is 19.4 Å². The Morgan fingerprint density at radius 3 is 2.42 bits per heavy atom. The maximum absolute atomic E-state index is 11.9. The molecule has 19 heavy (non-hydrogen) atoms. The van der Waals surface area contributed by atoms with Crippen molar-refractivity contribution in [3.05, 3.63) is 0 Å². The molecule has 1 heterocycles. The third-order valence-electron chi connectivity index (χ3n) is 3.66. The molecule has 0 spiro atoms. The molecule has 1 saturated heterocycles. The van der Waals surface area contributed by atoms with E-state index in [-0.39, 0.29) is 6.54 Å². The quantitative estimate of drug-likeness (QED) is 0.793. The summed E-state index contributed by atoms with van der Waals surface area (Å²) in [7, 11) is 0. The van der Waals surface area contributed by atoms with Gasteiger partial charge in [0.25, 0.3) is 0 Å². The molecule has 0 aromatic rings. The predicted octanol–water partition coefficient (Wildman–Crippen LogP) is 1.44. The van der Waals surface area contributed by atoms with E-state index in [1.807, 2.05) is 6.92 Å². The third-order valence-corrected chi connectivity index (χ3v) is 3.66. The second kappa shape index (κ2) is 5.36. The highest BCUT2D eigenvalue weighted by Crippen LogP contribution is 2.34. The standard InChI is InChI=1S/C13H24N2O4/c1-5-13(10(16)17)6-7-15(8-9(13)14)11(18)19-12(2,3)4/h9H,5-8,14H2,1-4H3,(H,16,17). The molecule has 1 aliphatic rings. The molecule has 6 heteroatoms. The molecule has 0 radical (unpaired) electrons. The number of carboxylic acids is 1. The Morgan fingerprint density at radius 1 is 1.47 bits per heavy atom. The number of hydrogen-bond acceptors (Lipinski definition) is 4. The highest BCUT2D eigenvalue weighted by Gasteiger charge is 2.47. The minimum absolute atomic E-state index is 0.217. The van der Waals surface area contributed by atoms with Gasteiger partial charge in [0.05, 0.1) is 5.41 Å². The van der Waals surface area contributed by atoms with Crippen molar-refractivity contribution < 1.29 is 19.4 Å². The highest BCUT2D eigenvalue weighted by molar-refractivity contribution is 5.77. The molecule has 6 nitrogen and oxygen atoms in total. The Labute approximate surface area is 113 Å². The second-order valence-electron chi connectivity index (χ2n) is 6.10. The van der Waals surface area contributed by atoms with Crippen LogP contribution in [-0.2, 0) is 9.53 Å². The molecule has 2 atom stereocenters. The number of carbonyl (C=O) groups is 2. The lowest BCUT2D eigenvalue weighted by Gasteiger charge is -2.43. The zero-order chi connectivity index (χ0) is 14.8. The van der Waals surface area contributed by atoms with Gasteiger partial charge in [-0.25, -0.2) is 4.79 Å². The average Bonchev–Trinajstić information content (AvgIpc) is 2.26. The Kier molecular flexibility index (Phi) is 4.45. The summed E-state index contributed by atoms with van der Waals surface area (Å²) in [5, 5.41) is 9.36. The van der Waals surface area contributed by atoms with Gasteiger partial charge in [-0.2, -0.15) is 0 Å². The lowest BCUT2D eigenvalue weighted by Crippen LogP contribution is -2.59.